The van der Waals surface area contributed by atoms with Crippen LogP contribution in [0.1, 0.15) is 116 Å². The SMILES string of the molecule is CCC(C)(C)C(=O)OC1CC(C)C=C2C=CC(C)C(CCC(O)CC(O)CC(=O)NCCC(=O)Oc3ccc(C4C(CCC(O)c5ccc(F)cc5)C(=O)N4c4ccc(F)cc4)cc3)C21. The Labute approximate surface area is 380 Å². The topological polar surface area (TPSA) is 163 Å². The number of nitrogens with one attached hydrogen (secondary N) is 1. The molecule has 3 aliphatic rings. The zero-order valence-corrected chi connectivity index (χ0v) is 38.0. The fourth-order valence-corrected chi connectivity index (χ4v) is 9.36. The van der Waals surface area contributed by atoms with E-state index >= 15 is 0 Å². The summed E-state index contributed by atoms with van der Waals surface area (Å²) in [5.74, 6) is -1.98. The zero-order chi connectivity index (χ0) is 47.0. The molecule has 65 heavy (non-hydrogen) atoms. The number of aliphatic hydroxyl groups excluding tert-OH is 3. The fraction of sp³-hybridized carbons (Fsp3) is 0.500. The second-order valence-electron chi connectivity index (χ2n) is 18.8. The first kappa shape index (κ1) is 49.2. The van der Waals surface area contributed by atoms with Gasteiger partial charge < -0.3 is 35.0 Å². The highest BCUT2D eigenvalue weighted by Crippen LogP contribution is 2.48. The molecule has 4 N–H and O–H groups in total. The Hall–Kier alpha value is -5.24. The van der Waals surface area contributed by atoms with Crippen molar-refractivity contribution in [2.45, 2.75) is 123 Å². The fourth-order valence-electron chi connectivity index (χ4n) is 9.36. The van der Waals surface area contributed by atoms with Gasteiger partial charge in [-0.2, -0.15) is 0 Å². The highest BCUT2D eigenvalue weighted by atomic mass is 19.1. The molecule has 0 radical (unpaired) electrons. The monoisotopic (exact) mass is 898 g/mol. The number of nitrogens with zero attached hydrogens (tertiary/aromatic N) is 1. The molecule has 1 fully saturated rings. The van der Waals surface area contributed by atoms with Crippen molar-refractivity contribution in [3.63, 3.8) is 0 Å². The van der Waals surface area contributed by atoms with Crippen LogP contribution in [-0.4, -0.2) is 63.9 Å². The summed E-state index contributed by atoms with van der Waals surface area (Å²) in [4.78, 5) is 53.6. The Kier molecular flexibility index (Phi) is 16.5. The average molecular weight is 899 g/mol. The van der Waals surface area contributed by atoms with E-state index < -0.39 is 59.2 Å². The molecule has 0 spiro atoms. The summed E-state index contributed by atoms with van der Waals surface area (Å²) >= 11 is 0. The molecule has 1 aliphatic heterocycles. The standard InChI is InChI=1S/C52H64F2N2O9/c1-6-52(4,5)51(63)65-45-28-31(2)27-35-8-7-32(3)42(48(35)45)22-19-39(57)29-40(58)30-46(60)55-26-25-47(61)64-41-20-11-34(12-21-41)49-43(23-24-44(59)33-9-13-36(53)14-10-33)50(62)56(49)38-17-15-37(54)16-18-38/h7-18,20-21,27,31-32,39-40,42-45,48-49,57-59H,6,19,22-26,28-30H2,1-5H3,(H,55,60). The largest absolute Gasteiger partial charge is 0.461 e. The number of hydrogen-bond donors (Lipinski definition) is 4. The van der Waals surface area contributed by atoms with Crippen molar-refractivity contribution in [2.24, 2.45) is 35.0 Å². The molecule has 1 saturated heterocycles. The predicted octanol–water partition coefficient (Wildman–Crippen LogP) is 8.63. The highest BCUT2D eigenvalue weighted by Gasteiger charge is 2.48. The number of anilines is 1. The van der Waals surface area contributed by atoms with Crippen LogP contribution < -0.4 is 15.0 Å². The Morgan fingerprint density at radius 3 is 2.22 bits per heavy atom. The maximum absolute atomic E-state index is 13.8. The first-order valence-corrected chi connectivity index (χ1v) is 23.0. The summed E-state index contributed by atoms with van der Waals surface area (Å²) in [7, 11) is 0. The van der Waals surface area contributed by atoms with Gasteiger partial charge in [-0.05, 0) is 142 Å². The summed E-state index contributed by atoms with van der Waals surface area (Å²) in [6, 6.07) is 17.4. The normalized spacial score (nSPS) is 24.2. The van der Waals surface area contributed by atoms with Crippen LogP contribution in [-0.2, 0) is 23.9 Å². The van der Waals surface area contributed by atoms with Crippen LogP contribution >= 0.6 is 0 Å². The van der Waals surface area contributed by atoms with Crippen molar-refractivity contribution in [3.8, 4) is 5.75 Å². The van der Waals surface area contributed by atoms with Gasteiger partial charge in [0.1, 0.15) is 23.5 Å². The molecular weight excluding hydrogens is 835 g/mol. The molecule has 350 valence electrons. The number of carbonyl (C=O) groups is 4. The minimum Gasteiger partial charge on any atom is -0.461 e. The summed E-state index contributed by atoms with van der Waals surface area (Å²) in [5, 5.41) is 35.1. The molecule has 10 atom stereocenters. The van der Waals surface area contributed by atoms with E-state index in [1.165, 1.54) is 48.5 Å². The number of halogens is 2. The predicted molar refractivity (Wildman–Crippen MR) is 242 cm³/mol. The maximum atomic E-state index is 13.8. The van der Waals surface area contributed by atoms with Crippen molar-refractivity contribution < 1.29 is 52.8 Å². The van der Waals surface area contributed by atoms with E-state index in [1.807, 2.05) is 20.8 Å². The molecule has 3 aromatic rings. The third-order valence-electron chi connectivity index (χ3n) is 13.5. The number of rotatable bonds is 20. The molecule has 2 amide bonds. The molecular formula is C52H64F2N2O9. The van der Waals surface area contributed by atoms with Crippen molar-refractivity contribution in [3.05, 3.63) is 119 Å². The zero-order valence-electron chi connectivity index (χ0n) is 38.0. The molecule has 0 saturated carbocycles. The summed E-state index contributed by atoms with van der Waals surface area (Å²) in [5.41, 5.74) is 2.36. The van der Waals surface area contributed by atoms with Gasteiger partial charge in [0.15, 0.2) is 0 Å². The first-order chi connectivity index (χ1) is 30.9. The van der Waals surface area contributed by atoms with E-state index in [9.17, 15) is 43.3 Å². The van der Waals surface area contributed by atoms with Gasteiger partial charge in [-0.3, -0.25) is 19.2 Å². The lowest BCUT2D eigenvalue weighted by atomic mass is 9.65. The van der Waals surface area contributed by atoms with E-state index in [4.69, 9.17) is 9.47 Å². The van der Waals surface area contributed by atoms with Crippen LogP contribution in [0.4, 0.5) is 14.5 Å². The van der Waals surface area contributed by atoms with Crippen molar-refractivity contribution >= 4 is 29.4 Å². The van der Waals surface area contributed by atoms with Gasteiger partial charge in [0.25, 0.3) is 0 Å². The van der Waals surface area contributed by atoms with E-state index in [2.05, 4.69) is 37.4 Å². The highest BCUT2D eigenvalue weighted by molar-refractivity contribution is 6.03. The van der Waals surface area contributed by atoms with Gasteiger partial charge in [-0.25, -0.2) is 8.78 Å². The minimum absolute atomic E-state index is 0.00523. The van der Waals surface area contributed by atoms with Crippen LogP contribution in [0, 0.1) is 46.6 Å². The molecule has 10 unspecified atom stereocenters. The quantitative estimate of drug-likeness (QED) is 0.0494. The second kappa shape index (κ2) is 21.8. The van der Waals surface area contributed by atoms with Crippen LogP contribution in [0.2, 0.25) is 0 Å². The van der Waals surface area contributed by atoms with Gasteiger partial charge >= 0.3 is 11.9 Å². The Morgan fingerprint density at radius 1 is 0.892 bits per heavy atom. The smallest absolute Gasteiger partial charge is 0.312 e. The number of carbonyl (C=O) groups excluding carboxylic acids is 4. The van der Waals surface area contributed by atoms with Gasteiger partial charge in [0.05, 0.1) is 48.5 Å². The molecule has 1 heterocycles. The number of allylic oxidation sites excluding steroid dienone is 3. The number of β-lactam (4-membered cyclic amide) rings is 1. The summed E-state index contributed by atoms with van der Waals surface area (Å²) < 4.78 is 38.9. The lowest BCUT2D eigenvalue weighted by molar-refractivity contribution is -0.164. The van der Waals surface area contributed by atoms with E-state index in [0.29, 0.717) is 36.9 Å². The van der Waals surface area contributed by atoms with E-state index in [-0.39, 0.29) is 79.6 Å². The van der Waals surface area contributed by atoms with Gasteiger partial charge in [-0.15, -0.1) is 0 Å². The molecule has 13 heteroatoms. The second-order valence-corrected chi connectivity index (χ2v) is 18.8. The summed E-state index contributed by atoms with van der Waals surface area (Å²) in [6.45, 7) is 10.0. The number of esters is 2. The van der Waals surface area contributed by atoms with Crippen LogP contribution in [0.5, 0.6) is 5.75 Å². The van der Waals surface area contributed by atoms with Crippen LogP contribution in [0.25, 0.3) is 0 Å². The first-order valence-electron chi connectivity index (χ1n) is 23.0. The van der Waals surface area contributed by atoms with Crippen molar-refractivity contribution in [1.29, 1.82) is 0 Å². The number of ether oxygens (including phenoxy) is 2. The third kappa shape index (κ3) is 12.6. The van der Waals surface area contributed by atoms with E-state index in [1.54, 1.807) is 29.2 Å². The molecule has 0 bridgehead atoms. The molecule has 3 aromatic carbocycles. The molecule has 2 aliphatic carbocycles. The maximum Gasteiger partial charge on any atom is 0.312 e. The lowest BCUT2D eigenvalue weighted by Gasteiger charge is -2.48. The van der Waals surface area contributed by atoms with Crippen LogP contribution in [0.3, 0.4) is 0 Å². The number of benzene rings is 3. The Balaban J connectivity index is 0.949. The molecule has 0 aromatic heterocycles. The molecule has 6 rings (SSSR count). The molecule has 11 nitrogen and oxygen atoms in total. The lowest BCUT2D eigenvalue weighted by Crippen LogP contribution is -2.55. The van der Waals surface area contributed by atoms with Gasteiger partial charge in [0, 0.05) is 18.2 Å². The van der Waals surface area contributed by atoms with Gasteiger partial charge in [0.2, 0.25) is 11.8 Å². The Bertz CT molecular complexity index is 2170. The average Bonchev–Trinajstić information content (AvgIpc) is 3.26. The number of amides is 2. The summed E-state index contributed by atoms with van der Waals surface area (Å²) in [6.07, 6.45) is 6.11. The van der Waals surface area contributed by atoms with E-state index in [0.717, 1.165) is 17.6 Å². The number of fused-ring (bicyclic) bond motifs is 1. The minimum atomic E-state index is -1.10. The number of hydrogen-bond acceptors (Lipinski definition) is 9. The van der Waals surface area contributed by atoms with Gasteiger partial charge in [-0.1, -0.05) is 63.3 Å². The number of aliphatic hydroxyl groups is 3. The third-order valence-corrected chi connectivity index (χ3v) is 13.5. The Morgan fingerprint density at radius 2 is 1.55 bits per heavy atom. The van der Waals surface area contributed by atoms with Crippen molar-refractivity contribution in [2.75, 3.05) is 11.4 Å². The van der Waals surface area contributed by atoms with Crippen LogP contribution in [0.15, 0.2) is 96.6 Å². The van der Waals surface area contributed by atoms with Crippen molar-refractivity contribution in [1.82, 2.24) is 5.32 Å².